The van der Waals surface area contributed by atoms with Crippen molar-refractivity contribution in [3.63, 3.8) is 0 Å². The number of carbonyl (C=O) groups excluding carboxylic acids is 1. The highest BCUT2D eigenvalue weighted by atomic mass is 32.2. The number of halogens is 2. The summed E-state index contributed by atoms with van der Waals surface area (Å²) in [6, 6.07) is 3.06. The molecular weight excluding hydrogens is 232 g/mol. The number of nitrogens with one attached hydrogen (secondary N) is 1. The first-order chi connectivity index (χ1) is 7.63. The lowest BCUT2D eigenvalue weighted by Gasteiger charge is -2.05. The molecular formula is C11H13F2NOS. The third-order valence-electron chi connectivity index (χ3n) is 1.90. The third kappa shape index (κ3) is 4.18. The molecule has 0 heterocycles. The maximum atomic E-state index is 13.1. The highest BCUT2D eigenvalue weighted by Crippen LogP contribution is 2.17. The fourth-order valence-corrected chi connectivity index (χ4v) is 1.85. The van der Waals surface area contributed by atoms with Gasteiger partial charge in [0.25, 0.3) is 5.24 Å². The summed E-state index contributed by atoms with van der Waals surface area (Å²) in [7, 11) is 0. The average Bonchev–Trinajstić information content (AvgIpc) is 2.23. The quantitative estimate of drug-likeness (QED) is 0.811. The Bertz CT molecular complexity index is 371. The first-order valence-electron chi connectivity index (χ1n) is 5.02. The molecule has 0 unspecified atom stereocenters. The van der Waals surface area contributed by atoms with Crippen molar-refractivity contribution < 1.29 is 13.6 Å². The van der Waals surface area contributed by atoms with Crippen LogP contribution in [0.15, 0.2) is 18.2 Å². The minimum atomic E-state index is -0.760. The molecule has 0 spiro atoms. The number of hydrogen-bond donors (Lipinski definition) is 1. The summed E-state index contributed by atoms with van der Waals surface area (Å²) in [5.41, 5.74) is 0.00963. The van der Waals surface area contributed by atoms with Gasteiger partial charge in [-0.15, -0.1) is 0 Å². The fourth-order valence-electron chi connectivity index (χ4n) is 1.05. The van der Waals surface area contributed by atoms with Gasteiger partial charge in [0.1, 0.15) is 11.6 Å². The predicted octanol–water partition coefficient (Wildman–Crippen LogP) is 4.03. The fraction of sp³-hybridized carbons (Fsp3) is 0.364. The number of anilines is 1. The van der Waals surface area contributed by atoms with Crippen LogP contribution in [0.1, 0.15) is 19.8 Å². The normalized spacial score (nSPS) is 10.2. The van der Waals surface area contributed by atoms with Crippen molar-refractivity contribution in [3.8, 4) is 0 Å². The van der Waals surface area contributed by atoms with Crippen LogP contribution in [0.2, 0.25) is 0 Å². The zero-order valence-electron chi connectivity index (χ0n) is 8.93. The maximum Gasteiger partial charge on any atom is 0.283 e. The molecule has 0 fully saturated rings. The van der Waals surface area contributed by atoms with Gasteiger partial charge in [0.15, 0.2) is 0 Å². The van der Waals surface area contributed by atoms with Crippen molar-refractivity contribution >= 4 is 22.7 Å². The number of unbranched alkanes of at least 4 members (excludes halogenated alkanes) is 1. The van der Waals surface area contributed by atoms with Gasteiger partial charge >= 0.3 is 0 Å². The molecule has 1 N–H and O–H groups in total. The Morgan fingerprint density at radius 3 is 2.81 bits per heavy atom. The highest BCUT2D eigenvalue weighted by Gasteiger charge is 2.07. The topological polar surface area (TPSA) is 29.1 Å². The Balaban J connectivity index is 2.49. The van der Waals surface area contributed by atoms with Crippen molar-refractivity contribution in [1.82, 2.24) is 0 Å². The van der Waals surface area contributed by atoms with Gasteiger partial charge in [-0.1, -0.05) is 25.1 Å². The summed E-state index contributed by atoms with van der Waals surface area (Å²) in [5, 5.41) is 2.06. The zero-order chi connectivity index (χ0) is 12.0. The first-order valence-corrected chi connectivity index (χ1v) is 6.01. The molecule has 2 nitrogen and oxygen atoms in total. The molecule has 1 aromatic carbocycles. The number of carbonyl (C=O) groups is 1. The maximum absolute atomic E-state index is 13.1. The van der Waals surface area contributed by atoms with Crippen LogP contribution in [-0.4, -0.2) is 11.0 Å². The Labute approximate surface area is 97.4 Å². The van der Waals surface area contributed by atoms with Crippen molar-refractivity contribution in [2.45, 2.75) is 19.8 Å². The van der Waals surface area contributed by atoms with Gasteiger partial charge in [-0.05, 0) is 18.6 Å². The summed E-state index contributed by atoms with van der Waals surface area (Å²) in [4.78, 5) is 11.3. The van der Waals surface area contributed by atoms with Crippen LogP contribution in [-0.2, 0) is 0 Å². The minimum Gasteiger partial charge on any atom is -0.314 e. The summed E-state index contributed by atoms with van der Waals surface area (Å²) in [5.74, 6) is -0.718. The molecule has 1 amide bonds. The van der Waals surface area contributed by atoms with Gasteiger partial charge in [-0.2, -0.15) is 0 Å². The lowest BCUT2D eigenvalue weighted by Crippen LogP contribution is -2.07. The van der Waals surface area contributed by atoms with E-state index in [0.717, 1.165) is 36.7 Å². The van der Waals surface area contributed by atoms with E-state index in [1.807, 2.05) is 6.92 Å². The van der Waals surface area contributed by atoms with Crippen molar-refractivity contribution in [2.24, 2.45) is 0 Å². The molecule has 1 rings (SSSR count). The molecule has 0 aliphatic carbocycles. The molecule has 0 saturated heterocycles. The number of thioether (sulfide) groups is 1. The molecule has 0 aliphatic heterocycles. The third-order valence-corrected chi connectivity index (χ3v) is 2.76. The average molecular weight is 245 g/mol. The highest BCUT2D eigenvalue weighted by molar-refractivity contribution is 8.13. The van der Waals surface area contributed by atoms with E-state index in [2.05, 4.69) is 5.32 Å². The summed E-state index contributed by atoms with van der Waals surface area (Å²) in [6.07, 6.45) is 1.94. The summed E-state index contributed by atoms with van der Waals surface area (Å²) in [6.45, 7) is 2.03. The Morgan fingerprint density at radius 1 is 1.44 bits per heavy atom. The Hall–Kier alpha value is -1.10. The Morgan fingerprint density at radius 2 is 2.19 bits per heavy atom. The number of benzene rings is 1. The standard InChI is InChI=1S/C11H13F2NOS/c1-2-3-6-16-11(15)14-10-5-4-8(12)7-9(10)13/h4-5,7H,2-3,6H2,1H3,(H,14,15). The molecule has 0 atom stereocenters. The van der Waals surface area contributed by atoms with Gasteiger partial charge in [0, 0.05) is 11.8 Å². The first kappa shape index (κ1) is 13.0. The van der Waals surface area contributed by atoms with E-state index in [-0.39, 0.29) is 10.9 Å². The molecule has 16 heavy (non-hydrogen) atoms. The van der Waals surface area contributed by atoms with Crippen LogP contribution >= 0.6 is 11.8 Å². The van der Waals surface area contributed by atoms with Crippen molar-refractivity contribution in [2.75, 3.05) is 11.1 Å². The van der Waals surface area contributed by atoms with Gasteiger partial charge in [-0.25, -0.2) is 8.78 Å². The van der Waals surface area contributed by atoms with Crippen LogP contribution in [0.25, 0.3) is 0 Å². The van der Waals surface area contributed by atoms with E-state index < -0.39 is 11.6 Å². The van der Waals surface area contributed by atoms with Crippen LogP contribution in [0.4, 0.5) is 19.3 Å². The summed E-state index contributed by atoms with van der Waals surface area (Å²) >= 11 is 1.10. The molecule has 88 valence electrons. The van der Waals surface area contributed by atoms with E-state index in [0.29, 0.717) is 5.75 Å². The van der Waals surface area contributed by atoms with Crippen molar-refractivity contribution in [1.29, 1.82) is 0 Å². The number of rotatable bonds is 4. The minimum absolute atomic E-state index is 0.00963. The number of hydrogen-bond acceptors (Lipinski definition) is 2. The van der Waals surface area contributed by atoms with Gasteiger partial charge in [0.05, 0.1) is 5.69 Å². The van der Waals surface area contributed by atoms with Crippen molar-refractivity contribution in [3.05, 3.63) is 29.8 Å². The van der Waals surface area contributed by atoms with Crippen LogP contribution in [0, 0.1) is 11.6 Å². The van der Waals surface area contributed by atoms with Crippen LogP contribution in [0.5, 0.6) is 0 Å². The molecule has 1 aromatic rings. The van der Waals surface area contributed by atoms with E-state index >= 15 is 0 Å². The van der Waals surface area contributed by atoms with Crippen LogP contribution in [0.3, 0.4) is 0 Å². The second-order valence-corrected chi connectivity index (χ2v) is 4.31. The predicted molar refractivity (Wildman–Crippen MR) is 62.7 cm³/mol. The molecule has 0 aliphatic rings. The second-order valence-electron chi connectivity index (χ2n) is 3.24. The second kappa shape index (κ2) is 6.48. The largest absolute Gasteiger partial charge is 0.314 e. The monoisotopic (exact) mass is 245 g/mol. The van der Waals surface area contributed by atoms with Gasteiger partial charge in [0.2, 0.25) is 0 Å². The lowest BCUT2D eigenvalue weighted by molar-refractivity contribution is 0.269. The van der Waals surface area contributed by atoms with E-state index in [1.54, 1.807) is 0 Å². The zero-order valence-corrected chi connectivity index (χ0v) is 9.74. The Kier molecular flexibility index (Phi) is 5.25. The number of amides is 1. The molecule has 0 saturated carbocycles. The lowest BCUT2D eigenvalue weighted by atomic mass is 10.3. The molecule has 0 bridgehead atoms. The molecule has 0 aromatic heterocycles. The van der Waals surface area contributed by atoms with E-state index in [9.17, 15) is 13.6 Å². The van der Waals surface area contributed by atoms with Crippen LogP contribution < -0.4 is 5.32 Å². The SMILES string of the molecule is CCCCSC(=O)Nc1ccc(F)cc1F. The molecule has 5 heteroatoms. The summed E-state index contributed by atoms with van der Waals surface area (Å²) < 4.78 is 25.7. The van der Waals surface area contributed by atoms with Gasteiger partial charge < -0.3 is 5.32 Å². The van der Waals surface area contributed by atoms with E-state index in [4.69, 9.17) is 0 Å². The van der Waals surface area contributed by atoms with Gasteiger partial charge in [-0.3, -0.25) is 4.79 Å². The smallest absolute Gasteiger partial charge is 0.283 e. The van der Waals surface area contributed by atoms with E-state index in [1.165, 1.54) is 6.07 Å². The molecule has 0 radical (unpaired) electrons.